The van der Waals surface area contributed by atoms with Crippen LogP contribution in [-0.4, -0.2) is 57.0 Å². The number of para-hydroxylation sites is 2. The Morgan fingerprint density at radius 1 is 1.23 bits per heavy atom. The predicted molar refractivity (Wildman–Crippen MR) is 80.8 cm³/mol. The predicted octanol–water partition coefficient (Wildman–Crippen LogP) is 0.720. The molecule has 0 aliphatic carbocycles. The third-order valence-electron chi connectivity index (χ3n) is 4.10. The second-order valence-corrected chi connectivity index (χ2v) is 7.96. The smallest absolute Gasteiger partial charge is 0.227 e. The number of benzene rings is 1. The van der Waals surface area contributed by atoms with Gasteiger partial charge in [0.05, 0.1) is 37.6 Å². The number of sulfone groups is 1. The highest BCUT2D eigenvalue weighted by molar-refractivity contribution is 7.91. The van der Waals surface area contributed by atoms with E-state index in [2.05, 4.69) is 0 Å². The molecule has 0 saturated carbocycles. The minimum absolute atomic E-state index is 0.0135. The van der Waals surface area contributed by atoms with Crippen molar-refractivity contribution in [3.63, 3.8) is 0 Å². The van der Waals surface area contributed by atoms with Crippen LogP contribution in [0.25, 0.3) is 0 Å². The topological polar surface area (TPSA) is 72.9 Å². The summed E-state index contributed by atoms with van der Waals surface area (Å²) in [5, 5.41) is 0. The Labute approximate surface area is 129 Å². The molecule has 2 heterocycles. The molecule has 7 heteroatoms. The highest BCUT2D eigenvalue weighted by Gasteiger charge is 2.40. The lowest BCUT2D eigenvalue weighted by Gasteiger charge is -2.40. The molecule has 1 aromatic carbocycles. The number of rotatable bonds is 4. The maximum Gasteiger partial charge on any atom is 0.227 e. The van der Waals surface area contributed by atoms with Crippen LogP contribution in [0.2, 0.25) is 0 Å². The fraction of sp³-hybridized carbons (Fsp3) is 0.533. The molecule has 3 rings (SSSR count). The first-order chi connectivity index (χ1) is 10.5. The van der Waals surface area contributed by atoms with Crippen LogP contribution in [0, 0.1) is 5.92 Å². The number of carbonyl (C=O) groups is 1. The molecule has 6 nitrogen and oxygen atoms in total. The zero-order chi connectivity index (χ0) is 15.7. The number of likely N-dealkylation sites (tertiary alicyclic amines) is 1. The van der Waals surface area contributed by atoms with Gasteiger partial charge in [-0.05, 0) is 18.6 Å². The minimum Gasteiger partial charge on any atom is -0.493 e. The van der Waals surface area contributed by atoms with Gasteiger partial charge in [-0.2, -0.15) is 0 Å². The van der Waals surface area contributed by atoms with Crippen LogP contribution in [0.3, 0.4) is 0 Å². The van der Waals surface area contributed by atoms with Gasteiger partial charge in [0, 0.05) is 0 Å². The summed E-state index contributed by atoms with van der Waals surface area (Å²) in [6.07, 6.45) is 0.369. The van der Waals surface area contributed by atoms with Crippen LogP contribution < -0.4 is 9.47 Å². The fourth-order valence-electron chi connectivity index (χ4n) is 2.84. The van der Waals surface area contributed by atoms with Crippen LogP contribution in [0.1, 0.15) is 6.42 Å². The van der Waals surface area contributed by atoms with E-state index in [4.69, 9.17) is 9.47 Å². The van der Waals surface area contributed by atoms with Crippen LogP contribution in [0.5, 0.6) is 11.5 Å². The van der Waals surface area contributed by atoms with Crippen LogP contribution in [0.4, 0.5) is 0 Å². The lowest BCUT2D eigenvalue weighted by Crippen LogP contribution is -2.57. The number of hydrogen-bond donors (Lipinski definition) is 0. The number of carbonyl (C=O) groups excluding carboxylic acids is 1. The number of hydrogen-bond acceptors (Lipinski definition) is 5. The molecular formula is C15H19NO5S. The van der Waals surface area contributed by atoms with Crippen molar-refractivity contribution < 1.29 is 22.7 Å². The molecule has 22 heavy (non-hydrogen) atoms. The van der Waals surface area contributed by atoms with Gasteiger partial charge < -0.3 is 14.4 Å². The van der Waals surface area contributed by atoms with Gasteiger partial charge >= 0.3 is 0 Å². The Balaban J connectivity index is 1.53. The molecule has 1 amide bonds. The van der Waals surface area contributed by atoms with Crippen LogP contribution in [0.15, 0.2) is 24.3 Å². The van der Waals surface area contributed by atoms with Crippen molar-refractivity contribution in [1.82, 2.24) is 4.90 Å². The molecule has 120 valence electrons. The van der Waals surface area contributed by atoms with Gasteiger partial charge in [0.1, 0.15) is 6.10 Å². The van der Waals surface area contributed by atoms with E-state index in [1.807, 2.05) is 24.3 Å². The summed E-state index contributed by atoms with van der Waals surface area (Å²) in [7, 11) is -1.44. The van der Waals surface area contributed by atoms with Crippen molar-refractivity contribution in [2.45, 2.75) is 12.5 Å². The molecule has 1 atom stereocenters. The molecule has 0 unspecified atom stereocenters. The first kappa shape index (κ1) is 15.1. The van der Waals surface area contributed by atoms with E-state index < -0.39 is 9.84 Å². The number of ether oxygens (including phenoxy) is 2. The summed E-state index contributed by atoms with van der Waals surface area (Å²) in [5.74, 6) is 0.983. The molecule has 2 aliphatic rings. The summed E-state index contributed by atoms with van der Waals surface area (Å²) < 4.78 is 33.9. The third-order valence-corrected chi connectivity index (χ3v) is 5.87. The Morgan fingerprint density at radius 2 is 1.91 bits per heavy atom. The van der Waals surface area contributed by atoms with Gasteiger partial charge in [0.2, 0.25) is 5.91 Å². The Hall–Kier alpha value is -1.76. The molecule has 0 N–H and O–H groups in total. The van der Waals surface area contributed by atoms with Gasteiger partial charge in [0.25, 0.3) is 0 Å². The van der Waals surface area contributed by atoms with Gasteiger partial charge in [-0.1, -0.05) is 12.1 Å². The first-order valence-electron chi connectivity index (χ1n) is 7.27. The van der Waals surface area contributed by atoms with E-state index in [1.54, 1.807) is 12.0 Å². The average molecular weight is 325 g/mol. The molecule has 0 spiro atoms. The Bertz CT molecular complexity index is 666. The SMILES string of the molecule is COc1ccccc1OC1CN(C(=O)[C@H]2CCS(=O)(=O)C2)C1. The maximum absolute atomic E-state index is 12.2. The standard InChI is InChI=1S/C15H19NO5S/c1-20-13-4-2-3-5-14(13)21-12-8-16(9-12)15(17)11-6-7-22(18,19)10-11/h2-5,11-12H,6-10H2,1H3/t11-/m0/s1. The Morgan fingerprint density at radius 3 is 2.50 bits per heavy atom. The zero-order valence-electron chi connectivity index (χ0n) is 12.4. The minimum atomic E-state index is -3.02. The highest BCUT2D eigenvalue weighted by atomic mass is 32.2. The zero-order valence-corrected chi connectivity index (χ0v) is 13.2. The van der Waals surface area contributed by atoms with Gasteiger partial charge in [0.15, 0.2) is 21.3 Å². The van der Waals surface area contributed by atoms with E-state index in [0.29, 0.717) is 31.0 Å². The van der Waals surface area contributed by atoms with Gasteiger partial charge in [-0.25, -0.2) is 8.42 Å². The number of nitrogens with zero attached hydrogens (tertiary/aromatic N) is 1. The van der Waals surface area contributed by atoms with E-state index >= 15 is 0 Å². The fourth-order valence-corrected chi connectivity index (χ4v) is 4.57. The quantitative estimate of drug-likeness (QED) is 0.815. The normalized spacial score (nSPS) is 23.9. The Kier molecular flexibility index (Phi) is 3.99. The molecule has 1 aromatic rings. The van der Waals surface area contributed by atoms with E-state index in [0.717, 1.165) is 0 Å². The second kappa shape index (κ2) is 5.79. The van der Waals surface area contributed by atoms with E-state index in [1.165, 1.54) is 0 Å². The summed E-state index contributed by atoms with van der Waals surface area (Å²) >= 11 is 0. The largest absolute Gasteiger partial charge is 0.493 e. The summed E-state index contributed by atoms with van der Waals surface area (Å²) in [5.41, 5.74) is 0. The van der Waals surface area contributed by atoms with Crippen molar-refractivity contribution in [3.8, 4) is 11.5 Å². The molecule has 0 bridgehead atoms. The van der Waals surface area contributed by atoms with Gasteiger partial charge in [-0.3, -0.25) is 4.79 Å². The third kappa shape index (κ3) is 3.04. The second-order valence-electron chi connectivity index (χ2n) is 5.73. The highest BCUT2D eigenvalue weighted by Crippen LogP contribution is 2.30. The number of amides is 1. The first-order valence-corrected chi connectivity index (χ1v) is 9.09. The van der Waals surface area contributed by atoms with Crippen molar-refractivity contribution in [1.29, 1.82) is 0 Å². The lowest BCUT2D eigenvalue weighted by molar-refractivity contribution is -0.143. The molecule has 2 saturated heterocycles. The monoisotopic (exact) mass is 325 g/mol. The van der Waals surface area contributed by atoms with Crippen molar-refractivity contribution in [2.24, 2.45) is 5.92 Å². The molecule has 2 aliphatic heterocycles. The van der Waals surface area contributed by atoms with E-state index in [-0.39, 0.29) is 29.4 Å². The van der Waals surface area contributed by atoms with Gasteiger partial charge in [-0.15, -0.1) is 0 Å². The summed E-state index contributed by atoms with van der Waals surface area (Å²) in [6, 6.07) is 7.37. The van der Waals surface area contributed by atoms with Crippen LogP contribution >= 0.6 is 0 Å². The lowest BCUT2D eigenvalue weighted by atomic mass is 10.0. The summed E-state index contributed by atoms with van der Waals surface area (Å²) in [4.78, 5) is 13.9. The van der Waals surface area contributed by atoms with Crippen molar-refractivity contribution in [2.75, 3.05) is 31.7 Å². The van der Waals surface area contributed by atoms with Crippen molar-refractivity contribution in [3.05, 3.63) is 24.3 Å². The van der Waals surface area contributed by atoms with Crippen LogP contribution in [-0.2, 0) is 14.6 Å². The van der Waals surface area contributed by atoms with E-state index in [9.17, 15) is 13.2 Å². The molecular weight excluding hydrogens is 306 g/mol. The molecule has 2 fully saturated rings. The van der Waals surface area contributed by atoms with Crippen molar-refractivity contribution >= 4 is 15.7 Å². The average Bonchev–Trinajstić information content (AvgIpc) is 2.82. The summed E-state index contributed by atoms with van der Waals surface area (Å²) in [6.45, 7) is 0.987. The number of methoxy groups -OCH3 is 1. The molecule has 0 aromatic heterocycles. The molecule has 0 radical (unpaired) electrons. The maximum atomic E-state index is 12.2.